The van der Waals surface area contributed by atoms with E-state index in [0.717, 1.165) is 18.4 Å². The van der Waals surface area contributed by atoms with E-state index in [2.05, 4.69) is 21.2 Å². The monoisotopic (exact) mass is 363 g/mol. The van der Waals surface area contributed by atoms with E-state index >= 15 is 0 Å². The van der Waals surface area contributed by atoms with Gasteiger partial charge in [0, 0.05) is 6.04 Å². The highest BCUT2D eigenvalue weighted by Crippen LogP contribution is 2.26. The van der Waals surface area contributed by atoms with E-state index < -0.39 is 9.84 Å². The molecule has 112 valence electrons. The van der Waals surface area contributed by atoms with Crippen molar-refractivity contribution in [2.75, 3.05) is 18.6 Å². The maximum Gasteiger partial charge on any atom is 0.150 e. The number of halogens is 2. The molecule has 3 nitrogen and oxygen atoms in total. The molecule has 0 amide bonds. The van der Waals surface area contributed by atoms with Crippen LogP contribution in [-0.4, -0.2) is 33.0 Å². The Morgan fingerprint density at radius 2 is 2.25 bits per heavy atom. The van der Waals surface area contributed by atoms with Gasteiger partial charge in [-0.2, -0.15) is 0 Å². The number of sulfone groups is 1. The molecule has 0 aromatic heterocycles. The quantitative estimate of drug-likeness (QED) is 0.874. The van der Waals surface area contributed by atoms with Crippen molar-refractivity contribution in [2.24, 2.45) is 5.92 Å². The van der Waals surface area contributed by atoms with Crippen molar-refractivity contribution in [3.8, 4) is 0 Å². The molecule has 2 unspecified atom stereocenters. The van der Waals surface area contributed by atoms with Crippen molar-refractivity contribution >= 4 is 25.8 Å². The number of benzene rings is 1. The van der Waals surface area contributed by atoms with Gasteiger partial charge in [0.1, 0.15) is 5.82 Å². The first kappa shape index (κ1) is 15.9. The number of rotatable bonds is 5. The van der Waals surface area contributed by atoms with Crippen LogP contribution < -0.4 is 5.32 Å². The molecule has 1 heterocycles. The van der Waals surface area contributed by atoms with Crippen LogP contribution in [0.3, 0.4) is 0 Å². The minimum atomic E-state index is -2.83. The first-order valence-electron chi connectivity index (χ1n) is 6.72. The molecule has 0 aliphatic carbocycles. The summed E-state index contributed by atoms with van der Waals surface area (Å²) in [6.07, 6.45) is 2.23. The average molecular weight is 364 g/mol. The molecule has 1 N–H and O–H groups in total. The molecule has 1 saturated heterocycles. The summed E-state index contributed by atoms with van der Waals surface area (Å²) in [4.78, 5) is 0. The van der Waals surface area contributed by atoms with E-state index in [1.807, 2.05) is 13.1 Å². The van der Waals surface area contributed by atoms with Gasteiger partial charge in [0.05, 0.1) is 16.0 Å². The average Bonchev–Trinajstić information content (AvgIpc) is 2.73. The van der Waals surface area contributed by atoms with Gasteiger partial charge in [0.15, 0.2) is 9.84 Å². The third-order valence-electron chi connectivity index (χ3n) is 3.85. The molecule has 0 radical (unpaired) electrons. The third kappa shape index (κ3) is 4.02. The number of hydrogen-bond acceptors (Lipinski definition) is 3. The molecule has 2 rings (SSSR count). The maximum atomic E-state index is 13.5. The van der Waals surface area contributed by atoms with Crippen LogP contribution in [-0.2, 0) is 16.3 Å². The molecular formula is C14H19BrFNO2S. The van der Waals surface area contributed by atoms with Crippen molar-refractivity contribution in [3.63, 3.8) is 0 Å². The number of hydrogen-bond donors (Lipinski definition) is 1. The zero-order valence-electron chi connectivity index (χ0n) is 11.4. The second-order valence-electron chi connectivity index (χ2n) is 5.41. The summed E-state index contributed by atoms with van der Waals surface area (Å²) in [5.74, 6) is 0.540. The molecule has 0 saturated carbocycles. The van der Waals surface area contributed by atoms with Crippen LogP contribution in [0.15, 0.2) is 22.7 Å². The standard InChI is InChI=1S/C14H19BrFNO2S/c1-17-12(7-10-5-6-20(18,19)9-10)8-11-3-2-4-13(16)14(11)15/h2-4,10,12,17H,5-9H2,1H3. The molecule has 0 spiro atoms. The second kappa shape index (κ2) is 6.54. The Morgan fingerprint density at radius 1 is 1.50 bits per heavy atom. The predicted octanol–water partition coefficient (Wildman–Crippen LogP) is 2.54. The zero-order chi connectivity index (χ0) is 14.8. The topological polar surface area (TPSA) is 46.2 Å². The molecule has 20 heavy (non-hydrogen) atoms. The number of nitrogens with one attached hydrogen (secondary N) is 1. The number of likely N-dealkylation sites (N-methyl/N-ethyl adjacent to an activating group) is 1. The normalized spacial score (nSPS) is 22.9. The van der Waals surface area contributed by atoms with E-state index in [1.54, 1.807) is 6.07 Å². The van der Waals surface area contributed by atoms with Crippen LogP contribution in [0.25, 0.3) is 0 Å². The van der Waals surface area contributed by atoms with Crippen LogP contribution in [0, 0.1) is 11.7 Å². The molecule has 1 aromatic rings. The van der Waals surface area contributed by atoms with Crippen LogP contribution in [0.2, 0.25) is 0 Å². The molecular weight excluding hydrogens is 345 g/mol. The van der Waals surface area contributed by atoms with Gasteiger partial charge in [-0.1, -0.05) is 12.1 Å². The highest BCUT2D eigenvalue weighted by atomic mass is 79.9. The van der Waals surface area contributed by atoms with Gasteiger partial charge in [-0.05, 0) is 59.8 Å². The van der Waals surface area contributed by atoms with Crippen molar-refractivity contribution in [2.45, 2.75) is 25.3 Å². The fourth-order valence-corrected chi connectivity index (χ4v) is 5.04. The first-order chi connectivity index (χ1) is 9.41. The second-order valence-corrected chi connectivity index (χ2v) is 8.43. The molecule has 6 heteroatoms. The Bertz CT molecular complexity index is 577. The lowest BCUT2D eigenvalue weighted by Gasteiger charge is -2.20. The summed E-state index contributed by atoms with van der Waals surface area (Å²) in [5, 5.41) is 3.21. The Hall–Kier alpha value is -0.460. The first-order valence-corrected chi connectivity index (χ1v) is 9.33. The maximum absolute atomic E-state index is 13.5. The minimum absolute atomic E-state index is 0.159. The Kier molecular flexibility index (Phi) is 5.20. The summed E-state index contributed by atoms with van der Waals surface area (Å²) in [7, 11) is -0.972. The SMILES string of the molecule is CNC(Cc1cccc(F)c1Br)CC1CCS(=O)(=O)C1. The van der Waals surface area contributed by atoms with Gasteiger partial charge >= 0.3 is 0 Å². The highest BCUT2D eigenvalue weighted by Gasteiger charge is 2.29. The van der Waals surface area contributed by atoms with Crippen molar-refractivity contribution < 1.29 is 12.8 Å². The summed E-state index contributed by atoms with van der Waals surface area (Å²) >= 11 is 3.27. The lowest BCUT2D eigenvalue weighted by atomic mass is 9.95. The molecule has 1 fully saturated rings. The van der Waals surface area contributed by atoms with Gasteiger partial charge in [0.2, 0.25) is 0 Å². The fourth-order valence-electron chi connectivity index (χ4n) is 2.74. The summed E-state index contributed by atoms with van der Waals surface area (Å²) in [5.41, 5.74) is 0.908. The Balaban J connectivity index is 2.01. The van der Waals surface area contributed by atoms with Gasteiger partial charge in [0.25, 0.3) is 0 Å². The summed E-state index contributed by atoms with van der Waals surface area (Å²) < 4.78 is 37.0. The molecule has 1 aliphatic heterocycles. The van der Waals surface area contributed by atoms with Crippen molar-refractivity contribution in [1.82, 2.24) is 5.32 Å². The van der Waals surface area contributed by atoms with Crippen molar-refractivity contribution in [1.29, 1.82) is 0 Å². The predicted molar refractivity (Wildman–Crippen MR) is 82.0 cm³/mol. The van der Waals surface area contributed by atoms with Gasteiger partial charge in [-0.25, -0.2) is 12.8 Å². The van der Waals surface area contributed by atoms with E-state index in [-0.39, 0.29) is 23.5 Å². The molecule has 2 atom stereocenters. The Morgan fingerprint density at radius 3 is 2.85 bits per heavy atom. The minimum Gasteiger partial charge on any atom is -0.317 e. The van der Waals surface area contributed by atoms with Crippen molar-refractivity contribution in [3.05, 3.63) is 34.1 Å². The van der Waals surface area contributed by atoms with E-state index in [0.29, 0.717) is 16.6 Å². The van der Waals surface area contributed by atoms with Gasteiger partial charge in [-0.3, -0.25) is 0 Å². The van der Waals surface area contributed by atoms with E-state index in [4.69, 9.17) is 0 Å². The van der Waals surface area contributed by atoms with E-state index in [9.17, 15) is 12.8 Å². The highest BCUT2D eigenvalue weighted by molar-refractivity contribution is 9.10. The lowest BCUT2D eigenvalue weighted by Crippen LogP contribution is -2.30. The van der Waals surface area contributed by atoms with Gasteiger partial charge < -0.3 is 5.32 Å². The summed E-state index contributed by atoms with van der Waals surface area (Å²) in [6, 6.07) is 5.17. The molecule has 1 aliphatic rings. The van der Waals surface area contributed by atoms with Crippen LogP contribution in [0.1, 0.15) is 18.4 Å². The lowest BCUT2D eigenvalue weighted by molar-refractivity contribution is 0.423. The van der Waals surface area contributed by atoms with Crippen LogP contribution in [0.4, 0.5) is 4.39 Å². The smallest absolute Gasteiger partial charge is 0.150 e. The van der Waals surface area contributed by atoms with Crippen LogP contribution in [0.5, 0.6) is 0 Å². The molecule has 0 bridgehead atoms. The zero-order valence-corrected chi connectivity index (χ0v) is 13.8. The Labute approximate surface area is 128 Å². The molecule has 1 aromatic carbocycles. The fraction of sp³-hybridized carbons (Fsp3) is 0.571. The van der Waals surface area contributed by atoms with Crippen LogP contribution >= 0.6 is 15.9 Å². The third-order valence-corrected chi connectivity index (χ3v) is 6.58. The summed E-state index contributed by atoms with van der Waals surface area (Å²) in [6.45, 7) is 0. The van der Waals surface area contributed by atoms with E-state index in [1.165, 1.54) is 6.07 Å². The van der Waals surface area contributed by atoms with Gasteiger partial charge in [-0.15, -0.1) is 0 Å². The largest absolute Gasteiger partial charge is 0.317 e.